The minimum atomic E-state index is -4.37. The van der Waals surface area contributed by atoms with E-state index in [1.165, 1.54) is 12.4 Å². The smallest absolute Gasteiger partial charge is 0.363 e. The van der Waals surface area contributed by atoms with Crippen molar-refractivity contribution < 1.29 is 13.2 Å². The zero-order valence-electron chi connectivity index (χ0n) is 9.44. The number of pyridine rings is 1. The van der Waals surface area contributed by atoms with Crippen LogP contribution in [-0.2, 0) is 19.8 Å². The molecule has 0 amide bonds. The van der Waals surface area contributed by atoms with E-state index in [2.05, 4.69) is 20.4 Å². The molecule has 0 saturated heterocycles. The van der Waals surface area contributed by atoms with Gasteiger partial charge in [0.1, 0.15) is 18.0 Å². The van der Waals surface area contributed by atoms with Gasteiger partial charge in [0.25, 0.3) is 0 Å². The number of alkyl halides is 3. The highest BCUT2D eigenvalue weighted by atomic mass is 19.4. The average Bonchev–Trinajstić information content (AvgIpc) is 2.72. The van der Waals surface area contributed by atoms with Crippen molar-refractivity contribution in [2.45, 2.75) is 12.7 Å². The van der Waals surface area contributed by atoms with E-state index < -0.39 is 11.7 Å². The SMILES string of the molecule is Cn1ncnc1CNc1ccc(C(F)(F)F)cn1. The molecule has 0 saturated carbocycles. The van der Waals surface area contributed by atoms with Crippen molar-refractivity contribution in [1.82, 2.24) is 19.7 Å². The highest BCUT2D eigenvalue weighted by Crippen LogP contribution is 2.28. The van der Waals surface area contributed by atoms with Crippen molar-refractivity contribution in [3.8, 4) is 0 Å². The fourth-order valence-corrected chi connectivity index (χ4v) is 1.32. The van der Waals surface area contributed by atoms with E-state index >= 15 is 0 Å². The summed E-state index contributed by atoms with van der Waals surface area (Å²) in [5.74, 6) is 1.02. The number of nitrogens with zero attached hydrogens (tertiary/aromatic N) is 4. The third kappa shape index (κ3) is 2.76. The largest absolute Gasteiger partial charge is 0.417 e. The Kier molecular flexibility index (Phi) is 3.17. The van der Waals surface area contributed by atoms with Crippen LogP contribution in [0.1, 0.15) is 11.4 Å². The van der Waals surface area contributed by atoms with Gasteiger partial charge in [0, 0.05) is 13.2 Å². The van der Waals surface area contributed by atoms with E-state index in [4.69, 9.17) is 0 Å². The first-order chi connectivity index (χ1) is 8.47. The molecule has 8 heteroatoms. The minimum Gasteiger partial charge on any atom is -0.363 e. The van der Waals surface area contributed by atoms with E-state index in [0.29, 0.717) is 18.2 Å². The summed E-state index contributed by atoms with van der Waals surface area (Å²) >= 11 is 0. The van der Waals surface area contributed by atoms with Gasteiger partial charge in [0.15, 0.2) is 0 Å². The van der Waals surface area contributed by atoms with Crippen LogP contribution in [0.4, 0.5) is 19.0 Å². The third-order valence-electron chi connectivity index (χ3n) is 2.32. The summed E-state index contributed by atoms with van der Waals surface area (Å²) in [6.45, 7) is 0.342. The van der Waals surface area contributed by atoms with E-state index in [0.717, 1.165) is 12.3 Å². The summed E-state index contributed by atoms with van der Waals surface area (Å²) in [6.07, 6.45) is -2.18. The number of rotatable bonds is 3. The monoisotopic (exact) mass is 257 g/mol. The Hall–Kier alpha value is -2.12. The first kappa shape index (κ1) is 12.3. The second-order valence-electron chi connectivity index (χ2n) is 3.58. The first-order valence-corrected chi connectivity index (χ1v) is 5.07. The Labute approximate surface area is 101 Å². The van der Waals surface area contributed by atoms with Crippen molar-refractivity contribution >= 4 is 5.82 Å². The van der Waals surface area contributed by atoms with Crippen LogP contribution in [-0.4, -0.2) is 19.7 Å². The van der Waals surface area contributed by atoms with Crippen molar-refractivity contribution in [1.29, 1.82) is 0 Å². The molecule has 0 spiro atoms. The highest BCUT2D eigenvalue weighted by Gasteiger charge is 2.30. The Morgan fingerprint density at radius 2 is 2.06 bits per heavy atom. The third-order valence-corrected chi connectivity index (χ3v) is 2.32. The maximum absolute atomic E-state index is 12.3. The molecule has 0 radical (unpaired) electrons. The molecule has 0 bridgehead atoms. The molecular weight excluding hydrogens is 247 g/mol. The van der Waals surface area contributed by atoms with Gasteiger partial charge in [-0.3, -0.25) is 4.68 Å². The standard InChI is InChI=1S/C10H10F3N5/c1-18-9(16-6-17-18)5-15-8-3-2-7(4-14-8)10(11,12)13/h2-4,6H,5H2,1H3,(H,14,15). The Balaban J connectivity index is 2.01. The van der Waals surface area contributed by atoms with E-state index in [-0.39, 0.29) is 0 Å². The van der Waals surface area contributed by atoms with E-state index in [1.54, 1.807) is 11.7 Å². The molecule has 2 heterocycles. The normalized spacial score (nSPS) is 11.6. The number of aryl methyl sites for hydroxylation is 1. The molecule has 2 aromatic heterocycles. The number of hydrogen-bond donors (Lipinski definition) is 1. The molecule has 1 N–H and O–H groups in total. The number of halogens is 3. The van der Waals surface area contributed by atoms with Gasteiger partial charge < -0.3 is 5.32 Å². The zero-order chi connectivity index (χ0) is 13.2. The number of aromatic nitrogens is 4. The van der Waals surface area contributed by atoms with Crippen molar-refractivity contribution in [3.63, 3.8) is 0 Å². The van der Waals surface area contributed by atoms with Crippen molar-refractivity contribution in [2.75, 3.05) is 5.32 Å². The Bertz CT molecular complexity index is 517. The van der Waals surface area contributed by atoms with Gasteiger partial charge in [-0.05, 0) is 12.1 Å². The molecule has 0 aromatic carbocycles. The molecule has 0 aliphatic rings. The summed E-state index contributed by atoms with van der Waals surface area (Å²) in [7, 11) is 1.73. The molecule has 5 nitrogen and oxygen atoms in total. The summed E-state index contributed by atoms with van der Waals surface area (Å²) in [6, 6.07) is 2.26. The van der Waals surface area contributed by atoms with Crippen LogP contribution in [0.3, 0.4) is 0 Å². The average molecular weight is 257 g/mol. The van der Waals surface area contributed by atoms with Crippen LogP contribution in [0.25, 0.3) is 0 Å². The molecule has 0 aliphatic carbocycles. The maximum Gasteiger partial charge on any atom is 0.417 e. The highest BCUT2D eigenvalue weighted by molar-refractivity contribution is 5.36. The van der Waals surface area contributed by atoms with Crippen LogP contribution >= 0.6 is 0 Å². The Morgan fingerprint density at radius 3 is 2.56 bits per heavy atom. The molecule has 96 valence electrons. The van der Waals surface area contributed by atoms with Gasteiger partial charge in [0.05, 0.1) is 12.1 Å². The summed E-state index contributed by atoms with van der Waals surface area (Å²) in [5, 5.41) is 6.74. The lowest BCUT2D eigenvalue weighted by Gasteiger charge is -2.08. The van der Waals surface area contributed by atoms with E-state index in [9.17, 15) is 13.2 Å². The predicted molar refractivity (Wildman–Crippen MR) is 57.6 cm³/mol. The topological polar surface area (TPSA) is 55.6 Å². The van der Waals surface area contributed by atoms with Crippen LogP contribution < -0.4 is 5.32 Å². The van der Waals surface area contributed by atoms with Crippen LogP contribution in [0.5, 0.6) is 0 Å². The number of nitrogens with one attached hydrogen (secondary N) is 1. The molecule has 0 fully saturated rings. The van der Waals surface area contributed by atoms with Gasteiger partial charge in [-0.1, -0.05) is 0 Å². The molecule has 2 aromatic rings. The first-order valence-electron chi connectivity index (χ1n) is 5.07. The summed E-state index contributed by atoms with van der Waals surface area (Å²) < 4.78 is 38.5. The lowest BCUT2D eigenvalue weighted by Crippen LogP contribution is -2.09. The van der Waals surface area contributed by atoms with Crippen LogP contribution in [0.15, 0.2) is 24.7 Å². The van der Waals surface area contributed by atoms with Crippen molar-refractivity contribution in [3.05, 3.63) is 36.0 Å². The lowest BCUT2D eigenvalue weighted by molar-refractivity contribution is -0.137. The van der Waals surface area contributed by atoms with Gasteiger partial charge in [-0.2, -0.15) is 18.3 Å². The molecular formula is C10H10F3N5. The molecule has 2 rings (SSSR count). The molecule has 0 unspecified atom stereocenters. The molecule has 0 atom stereocenters. The van der Waals surface area contributed by atoms with Gasteiger partial charge in [0.2, 0.25) is 0 Å². The maximum atomic E-state index is 12.3. The fourth-order valence-electron chi connectivity index (χ4n) is 1.32. The molecule has 0 aliphatic heterocycles. The molecule has 18 heavy (non-hydrogen) atoms. The van der Waals surface area contributed by atoms with Gasteiger partial charge >= 0.3 is 6.18 Å². The second kappa shape index (κ2) is 4.63. The van der Waals surface area contributed by atoms with Gasteiger partial charge in [-0.25, -0.2) is 9.97 Å². The predicted octanol–water partition coefficient (Wildman–Crippen LogP) is 1.84. The zero-order valence-corrected chi connectivity index (χ0v) is 9.44. The minimum absolute atomic E-state index is 0.342. The number of anilines is 1. The van der Waals surface area contributed by atoms with E-state index in [1.807, 2.05) is 0 Å². The fraction of sp³-hybridized carbons (Fsp3) is 0.300. The van der Waals surface area contributed by atoms with Crippen molar-refractivity contribution in [2.24, 2.45) is 7.05 Å². The summed E-state index contributed by atoms with van der Waals surface area (Å²) in [4.78, 5) is 7.65. The van der Waals surface area contributed by atoms with Crippen LogP contribution in [0, 0.1) is 0 Å². The van der Waals surface area contributed by atoms with Crippen LogP contribution in [0.2, 0.25) is 0 Å². The quantitative estimate of drug-likeness (QED) is 0.911. The second-order valence-corrected chi connectivity index (χ2v) is 3.58. The summed E-state index contributed by atoms with van der Waals surface area (Å²) in [5.41, 5.74) is -0.772. The Morgan fingerprint density at radius 1 is 1.28 bits per heavy atom. The lowest BCUT2D eigenvalue weighted by atomic mass is 10.3. The number of hydrogen-bond acceptors (Lipinski definition) is 4. The van der Waals surface area contributed by atoms with Gasteiger partial charge in [-0.15, -0.1) is 0 Å².